The molecule has 1 saturated heterocycles. The van der Waals surface area contributed by atoms with Gasteiger partial charge in [-0.05, 0) is 55.3 Å². The number of benzene rings is 1. The summed E-state index contributed by atoms with van der Waals surface area (Å²) in [6, 6.07) is 14.8. The molecule has 3 heterocycles. The summed E-state index contributed by atoms with van der Waals surface area (Å²) >= 11 is 0. The van der Waals surface area contributed by atoms with Gasteiger partial charge in [0.25, 0.3) is 0 Å². The van der Waals surface area contributed by atoms with Crippen molar-refractivity contribution in [1.29, 1.82) is 0 Å². The van der Waals surface area contributed by atoms with E-state index in [-0.39, 0.29) is 0 Å². The van der Waals surface area contributed by atoms with Gasteiger partial charge in [0, 0.05) is 36.3 Å². The fourth-order valence-corrected chi connectivity index (χ4v) is 3.68. The van der Waals surface area contributed by atoms with Crippen LogP contribution in [0.4, 0.5) is 0 Å². The first-order valence-corrected chi connectivity index (χ1v) is 8.61. The number of piperidine rings is 1. The minimum atomic E-state index is 0.554. The summed E-state index contributed by atoms with van der Waals surface area (Å²) in [5, 5.41) is 1.21. The Labute approximate surface area is 142 Å². The van der Waals surface area contributed by atoms with E-state index in [0.29, 0.717) is 5.92 Å². The third-order valence-corrected chi connectivity index (χ3v) is 4.90. The smallest absolute Gasteiger partial charge is 0.137 e. The van der Waals surface area contributed by atoms with Crippen LogP contribution in [0.5, 0.6) is 5.75 Å². The molecule has 1 aromatic carbocycles. The molecule has 4 nitrogen and oxygen atoms in total. The van der Waals surface area contributed by atoms with Gasteiger partial charge >= 0.3 is 0 Å². The fourth-order valence-electron chi connectivity index (χ4n) is 3.68. The Morgan fingerprint density at radius 3 is 3.08 bits per heavy atom. The van der Waals surface area contributed by atoms with E-state index in [0.717, 1.165) is 31.0 Å². The maximum atomic E-state index is 5.34. The van der Waals surface area contributed by atoms with Crippen molar-refractivity contribution in [3.63, 3.8) is 0 Å². The van der Waals surface area contributed by atoms with Crippen LogP contribution in [0.1, 0.15) is 30.0 Å². The molecule has 1 aliphatic rings. The first-order valence-electron chi connectivity index (χ1n) is 8.61. The van der Waals surface area contributed by atoms with E-state index in [2.05, 4.69) is 45.2 Å². The zero-order valence-corrected chi connectivity index (χ0v) is 14.0. The van der Waals surface area contributed by atoms with Crippen molar-refractivity contribution in [1.82, 2.24) is 14.9 Å². The van der Waals surface area contributed by atoms with Crippen molar-refractivity contribution >= 4 is 11.0 Å². The number of aromatic amines is 1. The molecule has 24 heavy (non-hydrogen) atoms. The molecular formula is C20H23N3O. The highest BCUT2D eigenvalue weighted by Crippen LogP contribution is 2.29. The topological polar surface area (TPSA) is 41.1 Å². The number of hydrogen-bond donors (Lipinski definition) is 1. The number of fused-ring (bicyclic) bond motifs is 1. The molecule has 0 saturated carbocycles. The lowest BCUT2D eigenvalue weighted by Gasteiger charge is -2.32. The summed E-state index contributed by atoms with van der Waals surface area (Å²) < 4.78 is 5.34. The molecule has 4 rings (SSSR count). The van der Waals surface area contributed by atoms with Crippen molar-refractivity contribution in [2.75, 3.05) is 20.2 Å². The molecule has 1 N–H and O–H groups in total. The van der Waals surface area contributed by atoms with E-state index in [4.69, 9.17) is 4.74 Å². The molecule has 1 aliphatic heterocycles. The normalized spacial score (nSPS) is 18.8. The molecule has 124 valence electrons. The Morgan fingerprint density at radius 2 is 2.21 bits per heavy atom. The molecule has 4 heteroatoms. The van der Waals surface area contributed by atoms with Gasteiger partial charge in [0.15, 0.2) is 0 Å². The average molecular weight is 321 g/mol. The van der Waals surface area contributed by atoms with Crippen LogP contribution in [-0.2, 0) is 6.54 Å². The van der Waals surface area contributed by atoms with E-state index >= 15 is 0 Å². The van der Waals surface area contributed by atoms with Crippen LogP contribution in [0, 0.1) is 0 Å². The number of nitrogens with zero attached hydrogens (tertiary/aromatic N) is 2. The average Bonchev–Trinajstić information content (AvgIpc) is 3.06. The fraction of sp³-hybridized carbons (Fsp3) is 0.350. The lowest BCUT2D eigenvalue weighted by molar-refractivity contribution is 0.198. The van der Waals surface area contributed by atoms with Crippen LogP contribution in [0.2, 0.25) is 0 Å². The second-order valence-electron chi connectivity index (χ2n) is 6.59. The van der Waals surface area contributed by atoms with Crippen LogP contribution in [0.25, 0.3) is 11.0 Å². The lowest BCUT2D eigenvalue weighted by Crippen LogP contribution is -2.34. The Hall–Kier alpha value is -2.33. The highest BCUT2D eigenvalue weighted by Gasteiger charge is 2.23. The number of rotatable bonds is 4. The molecule has 2 aromatic heterocycles. The minimum Gasteiger partial charge on any atom is -0.497 e. The number of methoxy groups -OCH3 is 1. The number of aromatic nitrogens is 2. The van der Waals surface area contributed by atoms with Crippen LogP contribution >= 0.6 is 0 Å². The zero-order valence-electron chi connectivity index (χ0n) is 14.0. The largest absolute Gasteiger partial charge is 0.497 e. The SMILES string of the molecule is COc1cccc(CN2CCCC(c3cc4cccnc4[nH]3)C2)c1. The van der Waals surface area contributed by atoms with E-state index < -0.39 is 0 Å². The summed E-state index contributed by atoms with van der Waals surface area (Å²) in [6.07, 6.45) is 4.32. The van der Waals surface area contributed by atoms with Crippen LogP contribution in [0.3, 0.4) is 0 Å². The first-order chi connectivity index (χ1) is 11.8. The summed E-state index contributed by atoms with van der Waals surface area (Å²) in [7, 11) is 1.72. The van der Waals surface area contributed by atoms with E-state index in [9.17, 15) is 0 Å². The van der Waals surface area contributed by atoms with Gasteiger partial charge in [-0.1, -0.05) is 12.1 Å². The molecular weight excluding hydrogens is 298 g/mol. The predicted octanol–water partition coefficient (Wildman–Crippen LogP) is 3.95. The molecule has 0 amide bonds. The monoisotopic (exact) mass is 321 g/mol. The summed E-state index contributed by atoms with van der Waals surface area (Å²) in [6.45, 7) is 3.22. The second kappa shape index (κ2) is 6.65. The molecule has 0 radical (unpaired) electrons. The van der Waals surface area contributed by atoms with Gasteiger partial charge < -0.3 is 9.72 Å². The van der Waals surface area contributed by atoms with E-state index in [1.807, 2.05) is 18.3 Å². The molecule has 0 spiro atoms. The minimum absolute atomic E-state index is 0.554. The molecule has 0 aliphatic carbocycles. The lowest BCUT2D eigenvalue weighted by atomic mass is 9.94. The van der Waals surface area contributed by atoms with Crippen molar-refractivity contribution in [3.8, 4) is 5.75 Å². The quantitative estimate of drug-likeness (QED) is 0.791. The van der Waals surface area contributed by atoms with Crippen LogP contribution in [0.15, 0.2) is 48.7 Å². The van der Waals surface area contributed by atoms with Gasteiger partial charge in [-0.25, -0.2) is 4.98 Å². The highest BCUT2D eigenvalue weighted by molar-refractivity contribution is 5.76. The third kappa shape index (κ3) is 3.15. The maximum Gasteiger partial charge on any atom is 0.137 e. The maximum absolute atomic E-state index is 5.34. The highest BCUT2D eigenvalue weighted by atomic mass is 16.5. The van der Waals surface area contributed by atoms with Crippen molar-refractivity contribution < 1.29 is 4.74 Å². The van der Waals surface area contributed by atoms with Gasteiger partial charge in [-0.15, -0.1) is 0 Å². The summed E-state index contributed by atoms with van der Waals surface area (Å²) in [4.78, 5) is 10.5. The standard InChI is InChI=1S/C20H23N3O/c1-24-18-8-2-5-15(11-18)13-23-10-4-7-17(14-23)19-12-16-6-3-9-21-20(16)22-19/h2-3,5-6,8-9,11-12,17H,4,7,10,13-14H2,1H3,(H,21,22). The molecule has 0 bridgehead atoms. The van der Waals surface area contributed by atoms with Crippen molar-refractivity contribution in [3.05, 3.63) is 59.9 Å². The Bertz CT molecular complexity index is 793. The van der Waals surface area contributed by atoms with Crippen LogP contribution in [-0.4, -0.2) is 35.1 Å². The molecule has 3 aromatic rings. The number of nitrogens with one attached hydrogen (secondary N) is 1. The number of hydrogen-bond acceptors (Lipinski definition) is 3. The van der Waals surface area contributed by atoms with Gasteiger partial charge in [0.1, 0.15) is 11.4 Å². The van der Waals surface area contributed by atoms with Crippen molar-refractivity contribution in [2.45, 2.75) is 25.3 Å². The van der Waals surface area contributed by atoms with E-state index in [1.54, 1.807) is 7.11 Å². The third-order valence-electron chi connectivity index (χ3n) is 4.90. The Kier molecular flexibility index (Phi) is 4.22. The summed E-state index contributed by atoms with van der Waals surface area (Å²) in [5.74, 6) is 1.49. The van der Waals surface area contributed by atoms with Gasteiger partial charge in [0.2, 0.25) is 0 Å². The number of H-pyrrole nitrogens is 1. The number of pyridine rings is 1. The van der Waals surface area contributed by atoms with Crippen LogP contribution < -0.4 is 4.74 Å². The first kappa shape index (κ1) is 15.2. The van der Waals surface area contributed by atoms with Gasteiger partial charge in [-0.3, -0.25) is 4.90 Å². The van der Waals surface area contributed by atoms with E-state index in [1.165, 1.54) is 29.5 Å². The van der Waals surface area contributed by atoms with Crippen molar-refractivity contribution in [2.24, 2.45) is 0 Å². The molecule has 1 atom stereocenters. The second-order valence-corrected chi connectivity index (χ2v) is 6.59. The predicted molar refractivity (Wildman–Crippen MR) is 96.3 cm³/mol. The molecule has 1 unspecified atom stereocenters. The summed E-state index contributed by atoms with van der Waals surface area (Å²) in [5.41, 5.74) is 3.63. The zero-order chi connectivity index (χ0) is 16.4. The Morgan fingerprint density at radius 1 is 1.25 bits per heavy atom. The Balaban J connectivity index is 1.48. The van der Waals surface area contributed by atoms with Gasteiger partial charge in [-0.2, -0.15) is 0 Å². The number of ether oxygens (including phenoxy) is 1. The van der Waals surface area contributed by atoms with Gasteiger partial charge in [0.05, 0.1) is 7.11 Å². The number of likely N-dealkylation sites (tertiary alicyclic amines) is 1. The molecule has 1 fully saturated rings.